The van der Waals surface area contributed by atoms with E-state index in [0.29, 0.717) is 12.2 Å². The molecule has 1 rings (SSSR count). The Morgan fingerprint density at radius 2 is 2.00 bits per heavy atom. The van der Waals surface area contributed by atoms with Crippen LogP contribution in [0.1, 0.15) is 42.9 Å². The molecule has 0 radical (unpaired) electrons. The standard InChI is InChI=1S/C13H21N3O3/c1-4-13(5-2,8-17)7-14-12-15-9(3)6-10(16-12)11(18)19/h6,17H,4-5,7-8H2,1-3H3,(H,18,19)(H,14,15,16). The number of rotatable bonds is 7. The summed E-state index contributed by atoms with van der Waals surface area (Å²) in [5.74, 6) is -0.787. The highest BCUT2D eigenvalue weighted by Crippen LogP contribution is 2.25. The lowest BCUT2D eigenvalue weighted by Gasteiger charge is -2.29. The summed E-state index contributed by atoms with van der Waals surface area (Å²) in [5.41, 5.74) is 0.339. The normalized spacial score (nSPS) is 11.4. The van der Waals surface area contributed by atoms with E-state index >= 15 is 0 Å². The van der Waals surface area contributed by atoms with Gasteiger partial charge in [-0.1, -0.05) is 13.8 Å². The van der Waals surface area contributed by atoms with Crippen LogP contribution in [0.2, 0.25) is 0 Å². The number of hydrogen-bond acceptors (Lipinski definition) is 5. The van der Waals surface area contributed by atoms with Crippen molar-refractivity contribution in [2.45, 2.75) is 33.6 Å². The second-order valence-corrected chi connectivity index (χ2v) is 4.74. The summed E-state index contributed by atoms with van der Waals surface area (Å²) in [7, 11) is 0. The minimum atomic E-state index is -1.08. The molecule has 0 atom stereocenters. The Morgan fingerprint density at radius 1 is 1.37 bits per heavy atom. The third-order valence-electron chi connectivity index (χ3n) is 3.53. The number of hydrogen-bond donors (Lipinski definition) is 3. The Labute approximate surface area is 112 Å². The molecule has 1 aromatic rings. The number of anilines is 1. The first-order chi connectivity index (χ1) is 8.96. The summed E-state index contributed by atoms with van der Waals surface area (Å²) in [4.78, 5) is 19.0. The molecule has 0 spiro atoms. The van der Waals surface area contributed by atoms with E-state index in [9.17, 15) is 9.90 Å². The summed E-state index contributed by atoms with van der Waals surface area (Å²) >= 11 is 0. The van der Waals surface area contributed by atoms with Crippen LogP contribution >= 0.6 is 0 Å². The number of aromatic carboxylic acids is 1. The van der Waals surface area contributed by atoms with E-state index in [-0.39, 0.29) is 23.7 Å². The lowest BCUT2D eigenvalue weighted by atomic mass is 9.83. The first-order valence-electron chi connectivity index (χ1n) is 6.40. The van der Waals surface area contributed by atoms with Crippen LogP contribution in [0.5, 0.6) is 0 Å². The zero-order chi connectivity index (χ0) is 14.5. The van der Waals surface area contributed by atoms with E-state index in [2.05, 4.69) is 15.3 Å². The Balaban J connectivity index is 2.85. The van der Waals surface area contributed by atoms with Crippen LogP contribution in [0.3, 0.4) is 0 Å². The topological polar surface area (TPSA) is 95.3 Å². The van der Waals surface area contributed by atoms with Gasteiger partial charge in [0.25, 0.3) is 0 Å². The molecular formula is C13H21N3O3. The SMILES string of the molecule is CCC(CC)(CO)CNc1nc(C)cc(C(=O)O)n1. The molecule has 0 amide bonds. The van der Waals surface area contributed by atoms with Gasteiger partial charge in [-0.25, -0.2) is 14.8 Å². The Kier molecular flexibility index (Phi) is 5.23. The molecule has 19 heavy (non-hydrogen) atoms. The van der Waals surface area contributed by atoms with Gasteiger partial charge < -0.3 is 15.5 Å². The third kappa shape index (κ3) is 3.89. The molecule has 0 bridgehead atoms. The van der Waals surface area contributed by atoms with Crippen LogP contribution in [0.25, 0.3) is 0 Å². The van der Waals surface area contributed by atoms with Gasteiger partial charge in [0, 0.05) is 17.7 Å². The monoisotopic (exact) mass is 267 g/mol. The predicted molar refractivity (Wildman–Crippen MR) is 72.3 cm³/mol. The number of nitrogens with zero attached hydrogens (tertiary/aromatic N) is 2. The van der Waals surface area contributed by atoms with Gasteiger partial charge in [-0.3, -0.25) is 0 Å². The number of carboxylic acids is 1. The molecular weight excluding hydrogens is 246 g/mol. The van der Waals surface area contributed by atoms with E-state index in [4.69, 9.17) is 5.11 Å². The summed E-state index contributed by atoms with van der Waals surface area (Å²) in [6.07, 6.45) is 1.65. The number of carboxylic acid groups (broad SMARTS) is 1. The first kappa shape index (κ1) is 15.4. The van der Waals surface area contributed by atoms with Crippen molar-refractivity contribution in [3.05, 3.63) is 17.5 Å². The van der Waals surface area contributed by atoms with Gasteiger partial charge in [0.2, 0.25) is 5.95 Å². The largest absolute Gasteiger partial charge is 0.477 e. The number of aliphatic hydroxyl groups excluding tert-OH is 1. The quantitative estimate of drug-likeness (QED) is 0.696. The van der Waals surface area contributed by atoms with Crippen molar-refractivity contribution in [1.29, 1.82) is 0 Å². The van der Waals surface area contributed by atoms with Gasteiger partial charge in [-0.05, 0) is 25.8 Å². The number of carbonyl (C=O) groups is 1. The average Bonchev–Trinajstić information content (AvgIpc) is 2.40. The number of aromatic nitrogens is 2. The summed E-state index contributed by atoms with van der Waals surface area (Å²) in [6, 6.07) is 1.42. The summed E-state index contributed by atoms with van der Waals surface area (Å²) < 4.78 is 0. The lowest BCUT2D eigenvalue weighted by molar-refractivity contribution is 0.0690. The maximum Gasteiger partial charge on any atom is 0.354 e. The predicted octanol–water partition coefficient (Wildman–Crippen LogP) is 1.69. The maximum atomic E-state index is 10.9. The van der Waals surface area contributed by atoms with Gasteiger partial charge >= 0.3 is 5.97 Å². The number of aliphatic hydroxyl groups is 1. The van der Waals surface area contributed by atoms with Crippen molar-refractivity contribution < 1.29 is 15.0 Å². The minimum Gasteiger partial charge on any atom is -0.477 e. The Hall–Kier alpha value is -1.69. The lowest BCUT2D eigenvalue weighted by Crippen LogP contribution is -2.32. The van der Waals surface area contributed by atoms with Gasteiger partial charge in [0.1, 0.15) is 0 Å². The van der Waals surface area contributed by atoms with E-state index in [1.54, 1.807) is 6.92 Å². The fourth-order valence-electron chi connectivity index (χ4n) is 1.80. The van der Waals surface area contributed by atoms with Crippen molar-refractivity contribution in [2.75, 3.05) is 18.5 Å². The van der Waals surface area contributed by atoms with Crippen LogP contribution in [-0.2, 0) is 0 Å². The second kappa shape index (κ2) is 6.47. The molecule has 106 valence electrons. The van der Waals surface area contributed by atoms with Crippen LogP contribution in [0.15, 0.2) is 6.07 Å². The molecule has 1 aromatic heterocycles. The summed E-state index contributed by atoms with van der Waals surface area (Å²) in [6.45, 7) is 6.34. The number of nitrogens with one attached hydrogen (secondary N) is 1. The zero-order valence-electron chi connectivity index (χ0n) is 11.6. The first-order valence-corrected chi connectivity index (χ1v) is 6.40. The fraction of sp³-hybridized carbons (Fsp3) is 0.615. The number of aryl methyl sites for hydroxylation is 1. The zero-order valence-corrected chi connectivity index (χ0v) is 11.6. The molecule has 6 heteroatoms. The highest BCUT2D eigenvalue weighted by molar-refractivity contribution is 5.85. The smallest absolute Gasteiger partial charge is 0.354 e. The molecule has 0 saturated heterocycles. The molecule has 0 fully saturated rings. The molecule has 0 unspecified atom stereocenters. The van der Waals surface area contributed by atoms with Crippen molar-refractivity contribution in [3.8, 4) is 0 Å². The molecule has 0 aliphatic carbocycles. The summed E-state index contributed by atoms with van der Waals surface area (Å²) in [5, 5.41) is 21.4. The molecule has 6 nitrogen and oxygen atoms in total. The van der Waals surface area contributed by atoms with Gasteiger partial charge in [-0.2, -0.15) is 0 Å². The fourth-order valence-corrected chi connectivity index (χ4v) is 1.80. The van der Waals surface area contributed by atoms with E-state index in [1.165, 1.54) is 6.07 Å². The van der Waals surface area contributed by atoms with Crippen molar-refractivity contribution >= 4 is 11.9 Å². The van der Waals surface area contributed by atoms with Crippen LogP contribution in [-0.4, -0.2) is 39.3 Å². The van der Waals surface area contributed by atoms with Gasteiger partial charge in [-0.15, -0.1) is 0 Å². The van der Waals surface area contributed by atoms with E-state index < -0.39 is 5.97 Å². The molecule has 0 aliphatic heterocycles. The average molecular weight is 267 g/mol. The molecule has 0 saturated carbocycles. The van der Waals surface area contributed by atoms with Crippen LogP contribution < -0.4 is 5.32 Å². The van der Waals surface area contributed by atoms with Crippen molar-refractivity contribution in [3.63, 3.8) is 0 Å². The minimum absolute atomic E-state index is 0.0300. The highest BCUT2D eigenvalue weighted by atomic mass is 16.4. The third-order valence-corrected chi connectivity index (χ3v) is 3.53. The van der Waals surface area contributed by atoms with Crippen molar-refractivity contribution in [2.24, 2.45) is 5.41 Å². The molecule has 0 aromatic carbocycles. The van der Waals surface area contributed by atoms with E-state index in [1.807, 2.05) is 13.8 Å². The highest BCUT2D eigenvalue weighted by Gasteiger charge is 2.25. The van der Waals surface area contributed by atoms with E-state index in [0.717, 1.165) is 12.8 Å². The Bertz CT molecular complexity index is 436. The van der Waals surface area contributed by atoms with Crippen LogP contribution in [0.4, 0.5) is 5.95 Å². The second-order valence-electron chi connectivity index (χ2n) is 4.74. The van der Waals surface area contributed by atoms with Crippen molar-refractivity contribution in [1.82, 2.24) is 9.97 Å². The maximum absolute atomic E-state index is 10.9. The van der Waals surface area contributed by atoms with Crippen LogP contribution in [0, 0.1) is 12.3 Å². The molecule has 0 aliphatic rings. The van der Waals surface area contributed by atoms with Gasteiger partial charge in [0.05, 0.1) is 6.61 Å². The Morgan fingerprint density at radius 3 is 2.47 bits per heavy atom. The molecule has 1 heterocycles. The van der Waals surface area contributed by atoms with Gasteiger partial charge in [0.15, 0.2) is 5.69 Å². The molecule has 3 N–H and O–H groups in total.